The van der Waals surface area contributed by atoms with Gasteiger partial charge in [0.25, 0.3) is 0 Å². The normalized spacial score (nSPS) is 19.4. The standard InChI is InChI=1S/C14H29N3O.2ClH/c1-4-8-14(3,15)13(18)16-12-6-10-17(9-5-2)11-7-12;;/h12H,4-11,15H2,1-3H3,(H,16,18);2*1H. The first-order valence-corrected chi connectivity index (χ1v) is 7.31. The van der Waals surface area contributed by atoms with E-state index in [1.807, 2.05) is 6.92 Å². The first kappa shape index (κ1) is 22.3. The summed E-state index contributed by atoms with van der Waals surface area (Å²) in [6.07, 6.45) is 4.99. The Balaban J connectivity index is 0. The van der Waals surface area contributed by atoms with Crippen molar-refractivity contribution in [1.29, 1.82) is 0 Å². The number of carbonyl (C=O) groups excluding carboxylic acids is 1. The molecule has 0 saturated carbocycles. The smallest absolute Gasteiger partial charge is 0.240 e. The zero-order chi connectivity index (χ0) is 13.6. The molecule has 0 radical (unpaired) electrons. The van der Waals surface area contributed by atoms with E-state index in [1.54, 1.807) is 0 Å². The predicted molar refractivity (Wildman–Crippen MR) is 89.9 cm³/mol. The fourth-order valence-electron chi connectivity index (χ4n) is 2.60. The van der Waals surface area contributed by atoms with Gasteiger partial charge in [-0.3, -0.25) is 4.79 Å². The van der Waals surface area contributed by atoms with E-state index in [1.165, 1.54) is 13.0 Å². The Morgan fingerprint density at radius 2 is 1.80 bits per heavy atom. The molecule has 1 amide bonds. The van der Waals surface area contributed by atoms with E-state index in [0.29, 0.717) is 6.04 Å². The third-order valence-corrected chi connectivity index (χ3v) is 3.75. The molecule has 0 bridgehead atoms. The Hall–Kier alpha value is -0.0300. The molecule has 0 aliphatic carbocycles. The van der Waals surface area contributed by atoms with Crippen LogP contribution in [-0.2, 0) is 4.79 Å². The van der Waals surface area contributed by atoms with Crippen LogP contribution in [0.4, 0.5) is 0 Å². The maximum atomic E-state index is 12.1. The van der Waals surface area contributed by atoms with Gasteiger partial charge in [0.05, 0.1) is 5.54 Å². The van der Waals surface area contributed by atoms with Gasteiger partial charge in [-0.05, 0) is 39.2 Å². The van der Waals surface area contributed by atoms with Crippen LogP contribution in [0.15, 0.2) is 0 Å². The highest BCUT2D eigenvalue weighted by atomic mass is 35.5. The van der Waals surface area contributed by atoms with E-state index in [-0.39, 0.29) is 30.7 Å². The fourth-order valence-corrected chi connectivity index (χ4v) is 2.60. The molecule has 3 N–H and O–H groups in total. The molecule has 6 heteroatoms. The van der Waals surface area contributed by atoms with Crippen molar-refractivity contribution in [3.63, 3.8) is 0 Å². The summed E-state index contributed by atoms with van der Waals surface area (Å²) in [5, 5.41) is 3.12. The Morgan fingerprint density at radius 3 is 2.25 bits per heavy atom. The van der Waals surface area contributed by atoms with Crippen LogP contribution >= 0.6 is 24.8 Å². The minimum absolute atomic E-state index is 0. The summed E-state index contributed by atoms with van der Waals surface area (Å²) in [5.74, 6) is 0.0123. The fraction of sp³-hybridized carbons (Fsp3) is 0.929. The largest absolute Gasteiger partial charge is 0.352 e. The zero-order valence-corrected chi connectivity index (χ0v) is 14.6. The highest BCUT2D eigenvalue weighted by Crippen LogP contribution is 2.14. The van der Waals surface area contributed by atoms with Crippen LogP contribution in [-0.4, -0.2) is 42.0 Å². The van der Waals surface area contributed by atoms with Gasteiger partial charge in [0, 0.05) is 19.1 Å². The summed E-state index contributed by atoms with van der Waals surface area (Å²) in [6.45, 7) is 9.45. The maximum absolute atomic E-state index is 12.1. The quantitative estimate of drug-likeness (QED) is 0.787. The molecule has 0 spiro atoms. The summed E-state index contributed by atoms with van der Waals surface area (Å²) >= 11 is 0. The molecule has 122 valence electrons. The molecular weight excluding hydrogens is 297 g/mol. The Kier molecular flexibility index (Phi) is 11.9. The maximum Gasteiger partial charge on any atom is 0.240 e. The SMILES string of the molecule is CCCN1CCC(NC(=O)C(C)(N)CCC)CC1.Cl.Cl. The van der Waals surface area contributed by atoms with E-state index in [4.69, 9.17) is 5.73 Å². The topological polar surface area (TPSA) is 58.4 Å². The molecule has 1 aliphatic heterocycles. The Labute approximate surface area is 136 Å². The molecule has 0 aromatic heterocycles. The molecular formula is C14H31Cl2N3O. The van der Waals surface area contributed by atoms with E-state index >= 15 is 0 Å². The molecule has 1 saturated heterocycles. The summed E-state index contributed by atoms with van der Waals surface area (Å²) in [4.78, 5) is 14.5. The van der Waals surface area contributed by atoms with Crippen LogP contribution in [0.5, 0.6) is 0 Å². The molecule has 1 atom stereocenters. The first-order valence-electron chi connectivity index (χ1n) is 7.31. The summed E-state index contributed by atoms with van der Waals surface area (Å²) in [7, 11) is 0. The molecule has 1 unspecified atom stereocenters. The van der Waals surface area contributed by atoms with Crippen molar-refractivity contribution >= 4 is 30.7 Å². The number of amides is 1. The van der Waals surface area contributed by atoms with Crippen LogP contribution in [0.2, 0.25) is 0 Å². The summed E-state index contributed by atoms with van der Waals surface area (Å²) in [6, 6.07) is 0.310. The number of nitrogens with two attached hydrogens (primary N) is 1. The minimum atomic E-state index is -0.713. The van der Waals surface area contributed by atoms with Crippen molar-refractivity contribution < 1.29 is 4.79 Å². The number of hydrogen-bond acceptors (Lipinski definition) is 3. The van der Waals surface area contributed by atoms with E-state index in [9.17, 15) is 4.79 Å². The number of hydrogen-bond donors (Lipinski definition) is 2. The first-order chi connectivity index (χ1) is 8.49. The number of likely N-dealkylation sites (tertiary alicyclic amines) is 1. The van der Waals surface area contributed by atoms with Gasteiger partial charge >= 0.3 is 0 Å². The number of carbonyl (C=O) groups is 1. The lowest BCUT2D eigenvalue weighted by Crippen LogP contribution is -2.55. The molecule has 4 nitrogen and oxygen atoms in total. The lowest BCUT2D eigenvalue weighted by atomic mass is 9.95. The number of rotatable bonds is 6. The predicted octanol–water partition coefficient (Wildman–Crippen LogP) is 2.34. The van der Waals surface area contributed by atoms with Crippen molar-refractivity contribution in [3.05, 3.63) is 0 Å². The minimum Gasteiger partial charge on any atom is -0.352 e. The Morgan fingerprint density at radius 1 is 1.25 bits per heavy atom. The van der Waals surface area contributed by atoms with E-state index in [0.717, 1.165) is 38.8 Å². The third kappa shape index (κ3) is 7.11. The van der Waals surface area contributed by atoms with Crippen LogP contribution in [0.1, 0.15) is 52.9 Å². The second-order valence-electron chi connectivity index (χ2n) is 5.76. The van der Waals surface area contributed by atoms with Gasteiger partial charge in [-0.2, -0.15) is 0 Å². The van der Waals surface area contributed by atoms with Gasteiger partial charge in [-0.25, -0.2) is 0 Å². The molecule has 1 rings (SSSR count). The lowest BCUT2D eigenvalue weighted by Gasteiger charge is -2.34. The monoisotopic (exact) mass is 327 g/mol. The van der Waals surface area contributed by atoms with Crippen molar-refractivity contribution in [2.24, 2.45) is 5.73 Å². The van der Waals surface area contributed by atoms with Crippen molar-refractivity contribution in [2.75, 3.05) is 19.6 Å². The van der Waals surface area contributed by atoms with Gasteiger partial charge in [-0.1, -0.05) is 20.3 Å². The van der Waals surface area contributed by atoms with Gasteiger partial charge in [0.2, 0.25) is 5.91 Å². The number of piperidine rings is 1. The lowest BCUT2D eigenvalue weighted by molar-refractivity contribution is -0.127. The van der Waals surface area contributed by atoms with Crippen molar-refractivity contribution in [3.8, 4) is 0 Å². The van der Waals surface area contributed by atoms with E-state index in [2.05, 4.69) is 24.1 Å². The van der Waals surface area contributed by atoms with Gasteiger partial charge in [-0.15, -0.1) is 24.8 Å². The summed E-state index contributed by atoms with van der Waals surface area (Å²) < 4.78 is 0. The average molecular weight is 328 g/mol. The molecule has 1 aliphatic rings. The molecule has 0 aromatic carbocycles. The van der Waals surface area contributed by atoms with E-state index < -0.39 is 5.54 Å². The number of halogens is 2. The summed E-state index contributed by atoms with van der Waals surface area (Å²) in [5.41, 5.74) is 5.33. The zero-order valence-electron chi connectivity index (χ0n) is 13.0. The van der Waals surface area contributed by atoms with Gasteiger partial charge < -0.3 is 16.0 Å². The van der Waals surface area contributed by atoms with Crippen molar-refractivity contribution in [2.45, 2.75) is 64.5 Å². The van der Waals surface area contributed by atoms with Gasteiger partial charge in [0.1, 0.15) is 0 Å². The van der Waals surface area contributed by atoms with Crippen molar-refractivity contribution in [1.82, 2.24) is 10.2 Å². The molecule has 20 heavy (non-hydrogen) atoms. The molecule has 1 heterocycles. The van der Waals surface area contributed by atoms with Crippen LogP contribution in [0.25, 0.3) is 0 Å². The van der Waals surface area contributed by atoms with Crippen LogP contribution < -0.4 is 11.1 Å². The van der Waals surface area contributed by atoms with Gasteiger partial charge in [0.15, 0.2) is 0 Å². The number of nitrogens with one attached hydrogen (secondary N) is 1. The van der Waals surface area contributed by atoms with Crippen LogP contribution in [0, 0.1) is 0 Å². The highest BCUT2D eigenvalue weighted by molar-refractivity contribution is 5.86. The Bertz CT molecular complexity index is 267. The molecule has 0 aromatic rings. The third-order valence-electron chi connectivity index (χ3n) is 3.75. The molecule has 1 fully saturated rings. The average Bonchev–Trinajstić information content (AvgIpc) is 2.32. The second kappa shape index (κ2) is 10.7. The second-order valence-corrected chi connectivity index (χ2v) is 5.76. The van der Waals surface area contributed by atoms with Crippen LogP contribution in [0.3, 0.4) is 0 Å². The number of nitrogens with zero attached hydrogens (tertiary/aromatic N) is 1. The highest BCUT2D eigenvalue weighted by Gasteiger charge is 2.30.